The number of aromatic nitrogens is 3. The van der Waals surface area contributed by atoms with Crippen molar-refractivity contribution >= 4 is 39.8 Å². The van der Waals surface area contributed by atoms with Gasteiger partial charge in [0.15, 0.2) is 0 Å². The summed E-state index contributed by atoms with van der Waals surface area (Å²) in [4.78, 5) is 20.2. The summed E-state index contributed by atoms with van der Waals surface area (Å²) < 4.78 is 1.23. The Balaban J connectivity index is 1.74. The van der Waals surface area contributed by atoms with Crippen molar-refractivity contribution in [2.75, 3.05) is 0 Å². The fourth-order valence-electron chi connectivity index (χ4n) is 2.90. The first kappa shape index (κ1) is 16.5. The summed E-state index contributed by atoms with van der Waals surface area (Å²) in [5.41, 5.74) is 3.76. The van der Waals surface area contributed by atoms with E-state index in [-0.39, 0.29) is 5.56 Å². The molecule has 0 atom stereocenters. The fourth-order valence-corrected chi connectivity index (χ4v) is 3.07. The number of halogens is 1. The number of rotatable bonds is 3. The predicted octanol–water partition coefficient (Wildman–Crippen LogP) is 4.54. The van der Waals surface area contributed by atoms with Crippen molar-refractivity contribution in [1.29, 1.82) is 0 Å². The van der Waals surface area contributed by atoms with Crippen molar-refractivity contribution in [2.24, 2.45) is 5.10 Å². The van der Waals surface area contributed by atoms with Gasteiger partial charge in [0.25, 0.3) is 5.56 Å². The van der Waals surface area contributed by atoms with Crippen LogP contribution >= 0.6 is 11.6 Å². The Morgan fingerprint density at radius 2 is 1.96 bits per heavy atom. The number of H-pyrrole nitrogens is 1. The predicted molar refractivity (Wildman–Crippen MR) is 106 cm³/mol. The van der Waals surface area contributed by atoms with Crippen LogP contribution in [0.25, 0.3) is 21.9 Å². The van der Waals surface area contributed by atoms with Crippen molar-refractivity contribution in [3.8, 4) is 0 Å². The maximum absolute atomic E-state index is 12.7. The second kappa shape index (κ2) is 6.42. The molecule has 0 saturated heterocycles. The largest absolute Gasteiger partial charge is 0.349 e. The molecule has 0 amide bonds. The molecule has 4 rings (SSSR count). The molecule has 0 aliphatic heterocycles. The van der Waals surface area contributed by atoms with Crippen molar-refractivity contribution in [3.05, 3.63) is 75.3 Å². The second-order valence-electron chi connectivity index (χ2n) is 6.50. The summed E-state index contributed by atoms with van der Waals surface area (Å²) in [6.07, 6.45) is 3.08. The number of nitrogens with one attached hydrogen (secondary N) is 1. The maximum atomic E-state index is 12.7. The van der Waals surface area contributed by atoms with E-state index >= 15 is 0 Å². The molecule has 2 aromatic heterocycles. The molecule has 0 bridgehead atoms. The molecule has 2 aromatic carbocycles. The number of aromatic amines is 1. The molecular formula is C20H17ClN4O. The van der Waals surface area contributed by atoms with Crippen LogP contribution in [0, 0.1) is 0 Å². The molecule has 0 radical (unpaired) electrons. The molecule has 5 nitrogen and oxygen atoms in total. The summed E-state index contributed by atoms with van der Waals surface area (Å²) in [5.74, 6) is 0.478. The van der Waals surface area contributed by atoms with Crippen molar-refractivity contribution in [2.45, 2.75) is 19.8 Å². The van der Waals surface area contributed by atoms with Gasteiger partial charge in [-0.05, 0) is 35.2 Å². The monoisotopic (exact) mass is 364 g/mol. The third-order valence-electron chi connectivity index (χ3n) is 4.39. The van der Waals surface area contributed by atoms with E-state index in [1.807, 2.05) is 18.2 Å². The number of hydrogen-bond acceptors (Lipinski definition) is 3. The molecule has 2 heterocycles. The molecule has 0 fully saturated rings. The van der Waals surface area contributed by atoms with Crippen molar-refractivity contribution < 1.29 is 0 Å². The van der Waals surface area contributed by atoms with Crippen LogP contribution in [-0.2, 0) is 0 Å². The van der Waals surface area contributed by atoms with Gasteiger partial charge in [0.1, 0.15) is 17.4 Å². The van der Waals surface area contributed by atoms with E-state index in [9.17, 15) is 4.79 Å². The lowest BCUT2D eigenvalue weighted by Crippen LogP contribution is -2.17. The Morgan fingerprint density at radius 1 is 1.19 bits per heavy atom. The molecule has 1 N–H and O–H groups in total. The Morgan fingerprint density at radius 3 is 2.69 bits per heavy atom. The molecule has 26 heavy (non-hydrogen) atoms. The summed E-state index contributed by atoms with van der Waals surface area (Å²) >= 11 is 6.05. The van der Waals surface area contributed by atoms with E-state index < -0.39 is 0 Å². The third-order valence-corrected chi connectivity index (χ3v) is 4.62. The zero-order chi connectivity index (χ0) is 18.3. The highest BCUT2D eigenvalue weighted by Gasteiger charge is 2.10. The molecular weight excluding hydrogens is 348 g/mol. The van der Waals surface area contributed by atoms with Crippen LogP contribution in [-0.4, -0.2) is 20.9 Å². The second-order valence-corrected chi connectivity index (χ2v) is 6.94. The molecule has 0 saturated carbocycles. The van der Waals surface area contributed by atoms with Gasteiger partial charge < -0.3 is 4.98 Å². The minimum absolute atomic E-state index is 0.252. The minimum atomic E-state index is -0.252. The first-order chi connectivity index (χ1) is 12.5. The molecule has 0 aliphatic rings. The van der Waals surface area contributed by atoms with Gasteiger partial charge in [-0.1, -0.05) is 49.7 Å². The zero-order valence-corrected chi connectivity index (χ0v) is 15.2. The zero-order valence-electron chi connectivity index (χ0n) is 14.4. The number of fused-ring (bicyclic) bond motifs is 3. The van der Waals surface area contributed by atoms with E-state index in [2.05, 4.69) is 41.0 Å². The van der Waals surface area contributed by atoms with Gasteiger partial charge in [-0.2, -0.15) is 9.78 Å². The highest BCUT2D eigenvalue weighted by molar-refractivity contribution is 6.31. The lowest BCUT2D eigenvalue weighted by atomic mass is 10.0. The lowest BCUT2D eigenvalue weighted by Gasteiger charge is -2.04. The number of nitrogens with zero attached hydrogens (tertiary/aromatic N) is 3. The lowest BCUT2D eigenvalue weighted by molar-refractivity contribution is 0.815. The normalized spacial score (nSPS) is 12.0. The van der Waals surface area contributed by atoms with Crippen molar-refractivity contribution in [3.63, 3.8) is 0 Å². The molecule has 4 aromatic rings. The molecule has 6 heteroatoms. The van der Waals surface area contributed by atoms with Crippen LogP contribution in [0.4, 0.5) is 0 Å². The van der Waals surface area contributed by atoms with Gasteiger partial charge in [-0.25, -0.2) is 4.98 Å². The van der Waals surface area contributed by atoms with E-state index in [1.165, 1.54) is 16.6 Å². The van der Waals surface area contributed by atoms with Crippen LogP contribution in [0.5, 0.6) is 0 Å². The van der Waals surface area contributed by atoms with Crippen LogP contribution in [0.15, 0.2) is 58.7 Å². The standard InChI is InChI=1S/C20H17ClN4O/c1-12(2)14-5-3-13(4-6-14)10-23-25-11-22-18-16-9-15(21)7-8-17(16)24-19(18)20(25)26/h3-12,24H,1-2H3/b23-10+. The van der Waals surface area contributed by atoms with Crippen LogP contribution in [0.1, 0.15) is 30.9 Å². The van der Waals surface area contributed by atoms with Gasteiger partial charge in [-0.3, -0.25) is 4.79 Å². The topological polar surface area (TPSA) is 63.0 Å². The van der Waals surface area contributed by atoms with Gasteiger partial charge in [0.2, 0.25) is 0 Å². The van der Waals surface area contributed by atoms with Gasteiger partial charge in [0.05, 0.1) is 6.21 Å². The Hall–Kier alpha value is -2.92. The van der Waals surface area contributed by atoms with Crippen LogP contribution in [0.2, 0.25) is 5.02 Å². The van der Waals surface area contributed by atoms with E-state index in [1.54, 1.807) is 18.3 Å². The van der Waals surface area contributed by atoms with Gasteiger partial charge in [0, 0.05) is 15.9 Å². The molecule has 0 spiro atoms. The van der Waals surface area contributed by atoms with E-state index in [4.69, 9.17) is 11.6 Å². The summed E-state index contributed by atoms with van der Waals surface area (Å²) in [5, 5.41) is 5.69. The van der Waals surface area contributed by atoms with Crippen molar-refractivity contribution in [1.82, 2.24) is 14.6 Å². The maximum Gasteiger partial charge on any atom is 0.298 e. The summed E-state index contributed by atoms with van der Waals surface area (Å²) in [6, 6.07) is 13.5. The van der Waals surface area contributed by atoms with Crippen LogP contribution < -0.4 is 5.56 Å². The highest BCUT2D eigenvalue weighted by atomic mass is 35.5. The first-order valence-corrected chi connectivity index (χ1v) is 8.73. The SMILES string of the molecule is CC(C)c1ccc(/C=N/n2cnc3c([nH]c4ccc(Cl)cc43)c2=O)cc1. The average Bonchev–Trinajstić information content (AvgIpc) is 3.00. The minimum Gasteiger partial charge on any atom is -0.349 e. The fraction of sp³-hybridized carbons (Fsp3) is 0.150. The smallest absolute Gasteiger partial charge is 0.298 e. The Bertz CT molecular complexity index is 1190. The molecule has 0 aliphatic carbocycles. The van der Waals surface area contributed by atoms with Crippen LogP contribution in [0.3, 0.4) is 0 Å². The van der Waals surface area contributed by atoms with E-state index in [0.29, 0.717) is 22.0 Å². The molecule has 130 valence electrons. The van der Waals surface area contributed by atoms with Gasteiger partial charge >= 0.3 is 0 Å². The van der Waals surface area contributed by atoms with Gasteiger partial charge in [-0.15, -0.1) is 0 Å². The summed E-state index contributed by atoms with van der Waals surface area (Å²) in [7, 11) is 0. The Labute approximate surface area is 155 Å². The quantitative estimate of drug-likeness (QED) is 0.542. The summed E-state index contributed by atoms with van der Waals surface area (Å²) in [6.45, 7) is 4.30. The average molecular weight is 365 g/mol. The Kier molecular flexibility index (Phi) is 4.09. The van der Waals surface area contributed by atoms with E-state index in [0.717, 1.165) is 16.5 Å². The first-order valence-electron chi connectivity index (χ1n) is 8.36. The highest BCUT2D eigenvalue weighted by Crippen LogP contribution is 2.24. The molecule has 0 unspecified atom stereocenters. The number of benzene rings is 2. The third kappa shape index (κ3) is 2.91. The number of hydrogen-bond donors (Lipinski definition) is 1.